The average Bonchev–Trinajstić information content (AvgIpc) is 3.28. The van der Waals surface area contributed by atoms with Crippen LogP contribution in [-0.2, 0) is 24.2 Å². The number of alkyl halides is 2. The molecule has 2 amide bonds. The van der Waals surface area contributed by atoms with Gasteiger partial charge in [-0.1, -0.05) is 18.2 Å². The molecule has 8 nitrogen and oxygen atoms in total. The second-order valence-electron chi connectivity index (χ2n) is 10.8. The lowest BCUT2D eigenvalue weighted by atomic mass is 9.91. The molecule has 10 heteroatoms. The number of aromatic nitrogens is 2. The summed E-state index contributed by atoms with van der Waals surface area (Å²) in [4.78, 5) is 29.9. The van der Waals surface area contributed by atoms with E-state index >= 15 is 0 Å². The van der Waals surface area contributed by atoms with E-state index in [-0.39, 0.29) is 50.4 Å². The van der Waals surface area contributed by atoms with Gasteiger partial charge in [0.1, 0.15) is 24.0 Å². The van der Waals surface area contributed by atoms with E-state index in [0.29, 0.717) is 25.2 Å². The van der Waals surface area contributed by atoms with Gasteiger partial charge in [-0.05, 0) is 57.1 Å². The highest BCUT2D eigenvalue weighted by atomic mass is 19.3. The highest BCUT2D eigenvalue weighted by Gasteiger charge is 2.42. The van der Waals surface area contributed by atoms with E-state index in [9.17, 15) is 23.5 Å². The number of rotatable bonds is 6. The smallest absolute Gasteiger partial charge is 0.274 e. The molecule has 206 valence electrons. The summed E-state index contributed by atoms with van der Waals surface area (Å²) in [6, 6.07) is 7.93. The number of halogens is 2. The number of carbonyl (C=O) groups excluding carboxylic acids is 2. The Morgan fingerprint density at radius 1 is 1.08 bits per heavy atom. The Morgan fingerprint density at radius 3 is 2.45 bits per heavy atom. The van der Waals surface area contributed by atoms with Gasteiger partial charge in [-0.2, -0.15) is 5.10 Å². The third kappa shape index (κ3) is 5.41. The molecule has 1 N–H and O–H groups in total. The number of benzene rings is 1. The van der Waals surface area contributed by atoms with E-state index in [1.807, 2.05) is 36.1 Å². The molecule has 2 saturated heterocycles. The maximum atomic E-state index is 13.3. The normalized spacial score (nSPS) is 19.9. The predicted octanol–water partition coefficient (Wildman–Crippen LogP) is 3.37. The van der Waals surface area contributed by atoms with Crippen molar-refractivity contribution in [2.45, 2.75) is 83.0 Å². The standard InChI is InChI=1S/C28H36F2N4O4/c1-19-6-2-5-9-23(19)38-20-10-14-32(15-11-20)24(35)18-34-22-8-4-3-7-21(22)25(31-34)26(36)33-16-12-28(37,13-17-33)27(29)30/h2,5-6,9,20,27,37H,3-4,7-8,10-18H2,1H3. The Labute approximate surface area is 221 Å². The van der Waals surface area contributed by atoms with Crippen LogP contribution in [0.5, 0.6) is 5.75 Å². The number of likely N-dealkylation sites (tertiary alicyclic amines) is 2. The topological polar surface area (TPSA) is 87.9 Å². The van der Waals surface area contributed by atoms with Crippen molar-refractivity contribution in [2.75, 3.05) is 26.2 Å². The fourth-order valence-electron chi connectivity index (χ4n) is 5.76. The first kappa shape index (κ1) is 26.6. The van der Waals surface area contributed by atoms with Gasteiger partial charge in [0.2, 0.25) is 5.91 Å². The summed E-state index contributed by atoms with van der Waals surface area (Å²) < 4.78 is 34.2. The summed E-state index contributed by atoms with van der Waals surface area (Å²) in [6.45, 7) is 3.41. The molecule has 0 spiro atoms. The Kier molecular flexibility index (Phi) is 7.70. The first-order chi connectivity index (χ1) is 18.2. The van der Waals surface area contributed by atoms with Crippen molar-refractivity contribution in [2.24, 2.45) is 0 Å². The van der Waals surface area contributed by atoms with Crippen molar-refractivity contribution >= 4 is 11.8 Å². The van der Waals surface area contributed by atoms with E-state index in [2.05, 4.69) is 5.10 Å². The minimum absolute atomic E-state index is 0.0332. The zero-order valence-electron chi connectivity index (χ0n) is 21.9. The molecule has 1 aromatic carbocycles. The predicted molar refractivity (Wildman–Crippen MR) is 136 cm³/mol. The third-order valence-corrected chi connectivity index (χ3v) is 8.25. The fraction of sp³-hybridized carbons (Fsp3) is 0.607. The van der Waals surface area contributed by atoms with Crippen molar-refractivity contribution in [1.29, 1.82) is 0 Å². The van der Waals surface area contributed by atoms with Crippen LogP contribution < -0.4 is 4.74 Å². The fourth-order valence-corrected chi connectivity index (χ4v) is 5.76. The molecule has 0 bridgehead atoms. The summed E-state index contributed by atoms with van der Waals surface area (Å²) in [5, 5.41) is 14.7. The van der Waals surface area contributed by atoms with Crippen molar-refractivity contribution < 1.29 is 28.2 Å². The Balaban J connectivity index is 1.22. The van der Waals surface area contributed by atoms with Gasteiger partial charge < -0.3 is 19.6 Å². The Hall–Kier alpha value is -3.01. The molecule has 5 rings (SSSR count). The van der Waals surface area contributed by atoms with Crippen molar-refractivity contribution in [1.82, 2.24) is 19.6 Å². The number of aryl methyl sites for hydroxylation is 1. The van der Waals surface area contributed by atoms with Crippen molar-refractivity contribution in [3.63, 3.8) is 0 Å². The number of amides is 2. The lowest BCUT2D eigenvalue weighted by Crippen LogP contribution is -2.50. The van der Waals surface area contributed by atoms with Crippen LogP contribution in [0.4, 0.5) is 8.78 Å². The lowest BCUT2D eigenvalue weighted by Gasteiger charge is -2.37. The highest BCUT2D eigenvalue weighted by molar-refractivity contribution is 5.94. The van der Waals surface area contributed by atoms with Gasteiger partial charge in [0.05, 0.1) is 0 Å². The second-order valence-corrected chi connectivity index (χ2v) is 10.8. The van der Waals surface area contributed by atoms with Crippen LogP contribution in [-0.4, -0.2) is 80.8 Å². The van der Waals surface area contributed by atoms with Gasteiger partial charge in [0.25, 0.3) is 12.3 Å². The summed E-state index contributed by atoms with van der Waals surface area (Å²) in [7, 11) is 0. The van der Waals surface area contributed by atoms with E-state index in [0.717, 1.165) is 54.7 Å². The van der Waals surface area contributed by atoms with Gasteiger partial charge in [-0.3, -0.25) is 14.3 Å². The van der Waals surface area contributed by atoms with Gasteiger partial charge in [0.15, 0.2) is 5.69 Å². The van der Waals surface area contributed by atoms with E-state index in [1.54, 1.807) is 4.68 Å². The van der Waals surface area contributed by atoms with Gasteiger partial charge >= 0.3 is 0 Å². The van der Waals surface area contributed by atoms with Crippen LogP contribution in [0.1, 0.15) is 65.8 Å². The molecule has 38 heavy (non-hydrogen) atoms. The molecule has 2 aromatic rings. The van der Waals surface area contributed by atoms with Crippen LogP contribution in [0.25, 0.3) is 0 Å². The number of fused-ring (bicyclic) bond motifs is 1. The average molecular weight is 531 g/mol. The molecule has 3 aliphatic rings. The maximum absolute atomic E-state index is 13.3. The van der Waals surface area contributed by atoms with Crippen LogP contribution >= 0.6 is 0 Å². The van der Waals surface area contributed by atoms with E-state index in [1.165, 1.54) is 4.90 Å². The number of aliphatic hydroxyl groups is 1. The van der Waals surface area contributed by atoms with E-state index in [4.69, 9.17) is 4.74 Å². The maximum Gasteiger partial charge on any atom is 0.274 e. The largest absolute Gasteiger partial charge is 0.490 e. The molecule has 1 aliphatic carbocycles. The van der Waals surface area contributed by atoms with Crippen molar-refractivity contribution in [3.05, 3.63) is 46.8 Å². The molecule has 2 aliphatic heterocycles. The molecule has 3 heterocycles. The first-order valence-electron chi connectivity index (χ1n) is 13.6. The van der Waals surface area contributed by atoms with Crippen LogP contribution in [0.3, 0.4) is 0 Å². The van der Waals surface area contributed by atoms with E-state index < -0.39 is 12.0 Å². The molecule has 1 aromatic heterocycles. The first-order valence-corrected chi connectivity index (χ1v) is 13.6. The summed E-state index contributed by atoms with van der Waals surface area (Å²) in [5.41, 5.74) is 1.16. The number of hydrogen-bond donors (Lipinski definition) is 1. The lowest BCUT2D eigenvalue weighted by molar-refractivity contribution is -0.133. The number of carbonyl (C=O) groups is 2. The third-order valence-electron chi connectivity index (χ3n) is 8.25. The summed E-state index contributed by atoms with van der Waals surface area (Å²) >= 11 is 0. The number of nitrogens with zero attached hydrogens (tertiary/aromatic N) is 4. The minimum Gasteiger partial charge on any atom is -0.490 e. The Morgan fingerprint density at radius 2 is 1.76 bits per heavy atom. The molecule has 0 unspecified atom stereocenters. The molecule has 2 fully saturated rings. The number of para-hydroxylation sites is 1. The van der Waals surface area contributed by atoms with Gasteiger partial charge in [-0.25, -0.2) is 8.78 Å². The molecular formula is C28H36F2N4O4. The molecule has 0 saturated carbocycles. The number of ether oxygens (including phenoxy) is 1. The van der Waals surface area contributed by atoms with Crippen LogP contribution in [0.2, 0.25) is 0 Å². The number of hydrogen-bond acceptors (Lipinski definition) is 5. The van der Waals surface area contributed by atoms with Crippen LogP contribution in [0.15, 0.2) is 24.3 Å². The summed E-state index contributed by atoms with van der Waals surface area (Å²) in [6.07, 6.45) is 1.76. The van der Waals surface area contributed by atoms with Crippen molar-refractivity contribution in [3.8, 4) is 5.75 Å². The number of piperidine rings is 2. The monoisotopic (exact) mass is 530 g/mol. The molecular weight excluding hydrogens is 494 g/mol. The SMILES string of the molecule is Cc1ccccc1OC1CCN(C(=O)Cn2nc(C(=O)N3CCC(O)(C(F)F)CC3)c3c2CCCC3)CC1. The zero-order valence-corrected chi connectivity index (χ0v) is 21.9. The minimum atomic E-state index is -2.84. The molecule has 0 radical (unpaired) electrons. The highest BCUT2D eigenvalue weighted by Crippen LogP contribution is 2.31. The summed E-state index contributed by atoms with van der Waals surface area (Å²) in [5.74, 6) is 0.541. The second kappa shape index (κ2) is 11.0. The quantitative estimate of drug-likeness (QED) is 0.619. The molecule has 0 atom stereocenters. The van der Waals surface area contributed by atoms with Crippen LogP contribution in [0, 0.1) is 6.92 Å². The van der Waals surface area contributed by atoms with Gasteiger partial charge in [-0.15, -0.1) is 0 Å². The zero-order chi connectivity index (χ0) is 26.9. The Bertz CT molecular complexity index is 1170. The van der Waals surface area contributed by atoms with Gasteiger partial charge in [0, 0.05) is 50.3 Å².